The average Bonchev–Trinajstić information content (AvgIpc) is 2.42. The van der Waals surface area contributed by atoms with Crippen LogP contribution in [0.3, 0.4) is 0 Å². The van der Waals surface area contributed by atoms with Crippen LogP contribution in [-0.2, 0) is 0 Å². The maximum Gasteiger partial charge on any atom is 0.142 e. The molecule has 0 unspecified atom stereocenters. The number of hydrogen-bond acceptors (Lipinski definition) is 1. The second-order valence-corrected chi connectivity index (χ2v) is 4.61. The van der Waals surface area contributed by atoms with Gasteiger partial charge in [0.15, 0.2) is 0 Å². The molecule has 0 aliphatic carbocycles. The van der Waals surface area contributed by atoms with Crippen LogP contribution in [0.2, 0.25) is 0 Å². The minimum atomic E-state index is -0.360. The van der Waals surface area contributed by atoms with Crippen LogP contribution in [0.1, 0.15) is 44.6 Å². The van der Waals surface area contributed by atoms with E-state index in [1.54, 1.807) is 12.1 Å². The molecule has 19 heavy (non-hydrogen) atoms. The van der Waals surface area contributed by atoms with Crippen molar-refractivity contribution in [2.45, 2.75) is 39.0 Å². The van der Waals surface area contributed by atoms with E-state index in [0.29, 0.717) is 17.9 Å². The van der Waals surface area contributed by atoms with Gasteiger partial charge in [0, 0.05) is 6.07 Å². The zero-order valence-electron chi connectivity index (χ0n) is 11.3. The van der Waals surface area contributed by atoms with E-state index >= 15 is 0 Å². The topological polar surface area (TPSA) is 9.23 Å². The molecular weight excluding hydrogens is 263 g/mol. The van der Waals surface area contributed by atoms with Crippen molar-refractivity contribution < 1.29 is 9.13 Å². The minimum absolute atomic E-state index is 0.204. The van der Waals surface area contributed by atoms with Crippen LogP contribution >= 0.6 is 11.6 Å². The molecule has 0 atom stereocenters. The summed E-state index contributed by atoms with van der Waals surface area (Å²) in [5.74, 6) is 5.70. The lowest BCUT2D eigenvalue weighted by atomic mass is 10.2. The lowest BCUT2D eigenvalue weighted by Gasteiger charge is -2.06. The van der Waals surface area contributed by atoms with Crippen LogP contribution in [-0.4, -0.2) is 12.5 Å². The molecule has 3 heteroatoms. The number of unbranched alkanes of at least 4 members (excludes halogenated alkanes) is 4. The summed E-state index contributed by atoms with van der Waals surface area (Å²) in [5.41, 5.74) is 0.357. The van der Waals surface area contributed by atoms with E-state index in [2.05, 4.69) is 18.8 Å². The third-order valence-electron chi connectivity index (χ3n) is 2.75. The second-order valence-electron chi connectivity index (χ2n) is 4.34. The lowest BCUT2D eigenvalue weighted by Crippen LogP contribution is -1.98. The standard InChI is InChI=1S/C16H20ClFO/c1-2-3-4-5-6-12-19-15-10-9-14(8-7-11-17)16(18)13-15/h9-10,13H,2-6,11-12H2,1H3. The maximum absolute atomic E-state index is 13.6. The molecule has 0 fully saturated rings. The molecule has 104 valence electrons. The van der Waals surface area contributed by atoms with Gasteiger partial charge in [-0.2, -0.15) is 0 Å². The van der Waals surface area contributed by atoms with E-state index in [1.165, 1.54) is 25.3 Å². The highest BCUT2D eigenvalue weighted by Crippen LogP contribution is 2.16. The van der Waals surface area contributed by atoms with E-state index in [0.717, 1.165) is 12.8 Å². The number of halogens is 2. The Labute approximate surface area is 120 Å². The van der Waals surface area contributed by atoms with Gasteiger partial charge in [0.2, 0.25) is 0 Å². The zero-order valence-corrected chi connectivity index (χ0v) is 12.1. The van der Waals surface area contributed by atoms with E-state index in [1.807, 2.05) is 0 Å². The van der Waals surface area contributed by atoms with Crippen LogP contribution in [0.4, 0.5) is 4.39 Å². The molecular formula is C16H20ClFO. The molecule has 0 radical (unpaired) electrons. The van der Waals surface area contributed by atoms with E-state index in [4.69, 9.17) is 16.3 Å². The number of alkyl halides is 1. The van der Waals surface area contributed by atoms with Crippen LogP contribution in [0.15, 0.2) is 18.2 Å². The van der Waals surface area contributed by atoms with E-state index in [-0.39, 0.29) is 11.7 Å². The van der Waals surface area contributed by atoms with Crippen LogP contribution in [0.25, 0.3) is 0 Å². The molecule has 1 aromatic carbocycles. The summed E-state index contributed by atoms with van der Waals surface area (Å²) in [5, 5.41) is 0. The maximum atomic E-state index is 13.6. The molecule has 0 spiro atoms. The summed E-state index contributed by atoms with van der Waals surface area (Å²) in [6.07, 6.45) is 5.91. The Morgan fingerprint density at radius 3 is 2.68 bits per heavy atom. The van der Waals surface area contributed by atoms with Gasteiger partial charge in [-0.15, -0.1) is 11.6 Å². The predicted octanol–water partition coefficient (Wildman–Crippen LogP) is 4.77. The Kier molecular flexibility index (Phi) is 8.09. The molecule has 0 saturated carbocycles. The zero-order chi connectivity index (χ0) is 13.9. The number of hydrogen-bond donors (Lipinski definition) is 0. The first-order valence-corrected chi connectivity index (χ1v) is 7.28. The summed E-state index contributed by atoms with van der Waals surface area (Å²) < 4.78 is 19.1. The van der Waals surface area contributed by atoms with E-state index in [9.17, 15) is 4.39 Å². The highest BCUT2D eigenvalue weighted by molar-refractivity contribution is 6.19. The molecule has 0 bridgehead atoms. The fourth-order valence-corrected chi connectivity index (χ4v) is 1.78. The van der Waals surface area contributed by atoms with Crippen LogP contribution in [0, 0.1) is 17.7 Å². The van der Waals surface area contributed by atoms with Crippen molar-refractivity contribution in [2.75, 3.05) is 12.5 Å². The van der Waals surface area contributed by atoms with E-state index < -0.39 is 0 Å². The Morgan fingerprint density at radius 2 is 2.00 bits per heavy atom. The summed E-state index contributed by atoms with van der Waals surface area (Å²) in [6, 6.07) is 4.75. The highest BCUT2D eigenvalue weighted by atomic mass is 35.5. The predicted molar refractivity (Wildman–Crippen MR) is 78.3 cm³/mol. The Morgan fingerprint density at radius 1 is 1.21 bits per heavy atom. The summed E-state index contributed by atoms with van der Waals surface area (Å²) in [7, 11) is 0. The van der Waals surface area contributed by atoms with Crippen molar-refractivity contribution in [2.24, 2.45) is 0 Å². The van der Waals surface area contributed by atoms with Crippen molar-refractivity contribution in [1.29, 1.82) is 0 Å². The van der Waals surface area contributed by atoms with Gasteiger partial charge in [-0.05, 0) is 18.6 Å². The largest absolute Gasteiger partial charge is 0.493 e. The quantitative estimate of drug-likeness (QED) is 0.398. The van der Waals surface area contributed by atoms with Gasteiger partial charge < -0.3 is 4.74 Å². The first kappa shape index (κ1) is 15.9. The molecule has 0 aromatic heterocycles. The first-order chi connectivity index (χ1) is 9.27. The molecule has 0 heterocycles. The minimum Gasteiger partial charge on any atom is -0.493 e. The van der Waals surface area contributed by atoms with Gasteiger partial charge in [-0.1, -0.05) is 44.4 Å². The summed E-state index contributed by atoms with van der Waals surface area (Å²) >= 11 is 5.43. The Balaban J connectivity index is 2.37. The fraction of sp³-hybridized carbons (Fsp3) is 0.500. The fourth-order valence-electron chi connectivity index (χ4n) is 1.71. The molecule has 0 aliphatic heterocycles. The number of benzene rings is 1. The molecule has 1 aromatic rings. The average molecular weight is 283 g/mol. The third kappa shape index (κ3) is 6.50. The molecule has 1 nitrogen and oxygen atoms in total. The Bertz CT molecular complexity index is 434. The number of rotatable bonds is 7. The normalized spacial score (nSPS) is 9.84. The van der Waals surface area contributed by atoms with Crippen molar-refractivity contribution in [3.05, 3.63) is 29.6 Å². The molecule has 1 rings (SSSR count). The Hall–Kier alpha value is -1.20. The van der Waals surface area contributed by atoms with Gasteiger partial charge in [0.25, 0.3) is 0 Å². The van der Waals surface area contributed by atoms with Gasteiger partial charge >= 0.3 is 0 Å². The molecule has 0 amide bonds. The summed E-state index contributed by atoms with van der Waals surface area (Å²) in [4.78, 5) is 0. The number of ether oxygens (including phenoxy) is 1. The molecule has 0 N–H and O–H groups in total. The molecule has 0 saturated heterocycles. The van der Waals surface area contributed by atoms with Crippen molar-refractivity contribution in [3.8, 4) is 17.6 Å². The van der Waals surface area contributed by atoms with Crippen LogP contribution < -0.4 is 4.74 Å². The van der Waals surface area contributed by atoms with Crippen molar-refractivity contribution in [1.82, 2.24) is 0 Å². The monoisotopic (exact) mass is 282 g/mol. The second kappa shape index (κ2) is 9.69. The molecule has 0 aliphatic rings. The third-order valence-corrected chi connectivity index (χ3v) is 2.88. The van der Waals surface area contributed by atoms with Gasteiger partial charge in [-0.25, -0.2) is 4.39 Å². The van der Waals surface area contributed by atoms with Crippen LogP contribution in [0.5, 0.6) is 5.75 Å². The highest BCUT2D eigenvalue weighted by Gasteiger charge is 2.02. The lowest BCUT2D eigenvalue weighted by molar-refractivity contribution is 0.303. The van der Waals surface area contributed by atoms with Gasteiger partial charge in [0.05, 0.1) is 18.1 Å². The summed E-state index contributed by atoms with van der Waals surface area (Å²) in [6.45, 7) is 2.82. The van der Waals surface area contributed by atoms with Gasteiger partial charge in [-0.3, -0.25) is 0 Å². The first-order valence-electron chi connectivity index (χ1n) is 6.75. The van der Waals surface area contributed by atoms with Crippen molar-refractivity contribution >= 4 is 11.6 Å². The van der Waals surface area contributed by atoms with Gasteiger partial charge in [0.1, 0.15) is 11.6 Å². The van der Waals surface area contributed by atoms with Crippen molar-refractivity contribution in [3.63, 3.8) is 0 Å². The smallest absolute Gasteiger partial charge is 0.142 e. The SMILES string of the molecule is CCCCCCCOc1ccc(C#CCCl)c(F)c1.